The van der Waals surface area contributed by atoms with Gasteiger partial charge in [0.2, 0.25) is 0 Å². The first-order valence-corrected chi connectivity index (χ1v) is 7.62. The van der Waals surface area contributed by atoms with Gasteiger partial charge in [0.1, 0.15) is 0 Å². The molecule has 5 heteroatoms. The standard InChI is InChI=1S/C15H23N5/c1-2-16-11-13-7-9-19(17-13)12-14-8-10-20(18-14)15-5-3-4-6-15/h7-10,15-16H,2-6,11-12H2,1H3. The van der Waals surface area contributed by atoms with Gasteiger partial charge in [-0.2, -0.15) is 10.2 Å². The maximum atomic E-state index is 4.70. The Kier molecular flexibility index (Phi) is 4.16. The molecule has 0 radical (unpaired) electrons. The molecule has 2 aromatic heterocycles. The van der Waals surface area contributed by atoms with Crippen LogP contribution in [0.1, 0.15) is 50.0 Å². The van der Waals surface area contributed by atoms with E-state index in [1.165, 1.54) is 25.7 Å². The molecule has 5 nitrogen and oxygen atoms in total. The van der Waals surface area contributed by atoms with E-state index in [1.54, 1.807) is 0 Å². The van der Waals surface area contributed by atoms with Crippen molar-refractivity contribution in [1.82, 2.24) is 24.9 Å². The monoisotopic (exact) mass is 273 g/mol. The smallest absolute Gasteiger partial charge is 0.0849 e. The molecule has 0 atom stereocenters. The number of nitrogens with one attached hydrogen (secondary N) is 1. The van der Waals surface area contributed by atoms with E-state index in [9.17, 15) is 0 Å². The number of hydrogen-bond acceptors (Lipinski definition) is 3. The number of aromatic nitrogens is 4. The molecule has 1 fully saturated rings. The van der Waals surface area contributed by atoms with Gasteiger partial charge in [0, 0.05) is 18.9 Å². The summed E-state index contributed by atoms with van der Waals surface area (Å²) in [5.74, 6) is 0. The van der Waals surface area contributed by atoms with Crippen LogP contribution < -0.4 is 5.32 Å². The Morgan fingerprint density at radius 1 is 1.15 bits per heavy atom. The van der Waals surface area contributed by atoms with Gasteiger partial charge in [-0.05, 0) is 31.5 Å². The van der Waals surface area contributed by atoms with Crippen LogP contribution in [0, 0.1) is 0 Å². The van der Waals surface area contributed by atoms with E-state index in [0.29, 0.717) is 6.04 Å². The Morgan fingerprint density at radius 2 is 1.95 bits per heavy atom. The second kappa shape index (κ2) is 6.22. The van der Waals surface area contributed by atoms with Gasteiger partial charge in [0.15, 0.2) is 0 Å². The topological polar surface area (TPSA) is 47.7 Å². The van der Waals surface area contributed by atoms with E-state index in [-0.39, 0.29) is 0 Å². The van der Waals surface area contributed by atoms with E-state index in [2.05, 4.69) is 40.4 Å². The molecular weight excluding hydrogens is 250 g/mol. The molecule has 20 heavy (non-hydrogen) atoms. The molecule has 2 aromatic rings. The van der Waals surface area contributed by atoms with Crippen molar-refractivity contribution < 1.29 is 0 Å². The van der Waals surface area contributed by atoms with Gasteiger partial charge in [-0.25, -0.2) is 0 Å². The maximum absolute atomic E-state index is 4.70. The Bertz CT molecular complexity index is 536. The van der Waals surface area contributed by atoms with Crippen LogP contribution >= 0.6 is 0 Å². The Hall–Kier alpha value is -1.62. The van der Waals surface area contributed by atoms with Crippen LogP contribution in [-0.2, 0) is 13.1 Å². The van der Waals surface area contributed by atoms with Crippen molar-refractivity contribution in [2.75, 3.05) is 6.54 Å². The third-order valence-electron chi connectivity index (χ3n) is 3.94. The fourth-order valence-corrected chi connectivity index (χ4v) is 2.84. The van der Waals surface area contributed by atoms with Crippen molar-refractivity contribution in [3.05, 3.63) is 35.9 Å². The Balaban J connectivity index is 1.61. The van der Waals surface area contributed by atoms with E-state index in [1.807, 2.05) is 10.9 Å². The third-order valence-corrected chi connectivity index (χ3v) is 3.94. The quantitative estimate of drug-likeness (QED) is 0.879. The fraction of sp³-hybridized carbons (Fsp3) is 0.600. The first-order chi connectivity index (χ1) is 9.85. The van der Waals surface area contributed by atoms with Gasteiger partial charge < -0.3 is 5.32 Å². The van der Waals surface area contributed by atoms with Crippen LogP contribution in [0.5, 0.6) is 0 Å². The molecule has 0 aromatic carbocycles. The van der Waals surface area contributed by atoms with Crippen molar-refractivity contribution in [2.45, 2.75) is 51.7 Å². The second-order valence-electron chi connectivity index (χ2n) is 5.51. The molecule has 2 heterocycles. The Morgan fingerprint density at radius 3 is 2.75 bits per heavy atom. The molecule has 0 spiro atoms. The second-order valence-corrected chi connectivity index (χ2v) is 5.51. The molecule has 0 amide bonds. The SMILES string of the molecule is CCNCc1ccn(Cc2ccn(C3CCCC3)n2)n1. The number of nitrogens with zero attached hydrogens (tertiary/aromatic N) is 4. The lowest BCUT2D eigenvalue weighted by Crippen LogP contribution is -2.13. The average molecular weight is 273 g/mol. The predicted molar refractivity (Wildman–Crippen MR) is 78.4 cm³/mol. The summed E-state index contributed by atoms with van der Waals surface area (Å²) in [6.07, 6.45) is 9.38. The zero-order chi connectivity index (χ0) is 13.8. The minimum atomic E-state index is 0.616. The van der Waals surface area contributed by atoms with Crippen LogP contribution in [0.15, 0.2) is 24.5 Å². The van der Waals surface area contributed by atoms with E-state index >= 15 is 0 Å². The summed E-state index contributed by atoms with van der Waals surface area (Å²) in [5, 5.41) is 12.5. The Labute approximate surface area is 120 Å². The van der Waals surface area contributed by atoms with Gasteiger partial charge in [0.25, 0.3) is 0 Å². The van der Waals surface area contributed by atoms with Crippen LogP contribution in [0.4, 0.5) is 0 Å². The average Bonchev–Trinajstić information content (AvgIpc) is 3.18. The minimum absolute atomic E-state index is 0.616. The van der Waals surface area contributed by atoms with Crippen molar-refractivity contribution >= 4 is 0 Å². The van der Waals surface area contributed by atoms with E-state index in [0.717, 1.165) is 31.0 Å². The van der Waals surface area contributed by atoms with Crippen molar-refractivity contribution in [3.63, 3.8) is 0 Å². The van der Waals surface area contributed by atoms with Gasteiger partial charge in [-0.15, -0.1) is 0 Å². The highest BCUT2D eigenvalue weighted by molar-refractivity contribution is 5.04. The summed E-state index contributed by atoms with van der Waals surface area (Å²) in [7, 11) is 0. The summed E-state index contributed by atoms with van der Waals surface area (Å²) in [6.45, 7) is 4.66. The van der Waals surface area contributed by atoms with Crippen LogP contribution in [-0.4, -0.2) is 26.1 Å². The van der Waals surface area contributed by atoms with Crippen LogP contribution in [0.2, 0.25) is 0 Å². The van der Waals surface area contributed by atoms with Gasteiger partial charge >= 0.3 is 0 Å². The molecular formula is C15H23N5. The van der Waals surface area contributed by atoms with Gasteiger partial charge in [0.05, 0.1) is 24.0 Å². The third kappa shape index (κ3) is 3.10. The number of rotatable bonds is 6. The van der Waals surface area contributed by atoms with Gasteiger partial charge in [-0.1, -0.05) is 19.8 Å². The lowest BCUT2D eigenvalue weighted by Gasteiger charge is -2.08. The van der Waals surface area contributed by atoms with Gasteiger partial charge in [-0.3, -0.25) is 9.36 Å². The normalized spacial score (nSPS) is 16.1. The lowest BCUT2D eigenvalue weighted by atomic mass is 10.3. The van der Waals surface area contributed by atoms with Crippen molar-refractivity contribution in [1.29, 1.82) is 0 Å². The first-order valence-electron chi connectivity index (χ1n) is 7.62. The summed E-state index contributed by atoms with van der Waals surface area (Å²) in [5.41, 5.74) is 2.18. The minimum Gasteiger partial charge on any atom is -0.311 e. The highest BCUT2D eigenvalue weighted by atomic mass is 15.3. The summed E-state index contributed by atoms with van der Waals surface area (Å²) in [6, 6.07) is 4.80. The highest BCUT2D eigenvalue weighted by Gasteiger charge is 2.17. The zero-order valence-corrected chi connectivity index (χ0v) is 12.1. The molecule has 1 aliphatic rings. The summed E-state index contributed by atoms with van der Waals surface area (Å²) >= 11 is 0. The number of hydrogen-bond donors (Lipinski definition) is 1. The lowest BCUT2D eigenvalue weighted by molar-refractivity contribution is 0.460. The fourth-order valence-electron chi connectivity index (χ4n) is 2.84. The molecule has 0 bridgehead atoms. The van der Waals surface area contributed by atoms with Crippen LogP contribution in [0.25, 0.3) is 0 Å². The predicted octanol–water partition coefficient (Wildman–Crippen LogP) is 2.35. The molecule has 0 aliphatic heterocycles. The van der Waals surface area contributed by atoms with Crippen molar-refractivity contribution in [3.8, 4) is 0 Å². The van der Waals surface area contributed by atoms with E-state index in [4.69, 9.17) is 5.10 Å². The van der Waals surface area contributed by atoms with E-state index < -0.39 is 0 Å². The molecule has 0 saturated heterocycles. The maximum Gasteiger partial charge on any atom is 0.0849 e. The van der Waals surface area contributed by atoms with Crippen LogP contribution in [0.3, 0.4) is 0 Å². The molecule has 1 aliphatic carbocycles. The summed E-state index contributed by atoms with van der Waals surface area (Å²) < 4.78 is 4.11. The molecule has 3 rings (SSSR count). The zero-order valence-electron chi connectivity index (χ0n) is 12.1. The largest absolute Gasteiger partial charge is 0.311 e. The first kappa shape index (κ1) is 13.4. The highest BCUT2D eigenvalue weighted by Crippen LogP contribution is 2.28. The molecule has 0 unspecified atom stereocenters. The molecule has 1 saturated carbocycles. The summed E-state index contributed by atoms with van der Waals surface area (Å²) in [4.78, 5) is 0. The molecule has 1 N–H and O–H groups in total. The van der Waals surface area contributed by atoms with Crippen molar-refractivity contribution in [2.24, 2.45) is 0 Å². The molecule has 108 valence electrons.